The fraction of sp³-hybridized carbons (Fsp3) is 0.435. The first kappa shape index (κ1) is 20.4. The van der Waals surface area contributed by atoms with Crippen molar-refractivity contribution in [2.75, 3.05) is 13.2 Å². The Kier molecular flexibility index (Phi) is 7.06. The molecule has 150 valence electrons. The van der Waals surface area contributed by atoms with Crippen molar-refractivity contribution in [2.24, 2.45) is 5.73 Å². The zero-order valence-corrected chi connectivity index (χ0v) is 16.5. The molecule has 1 heterocycles. The van der Waals surface area contributed by atoms with Crippen LogP contribution in [-0.4, -0.2) is 25.2 Å². The van der Waals surface area contributed by atoms with Crippen LogP contribution in [0.2, 0.25) is 0 Å². The molecule has 3 N–H and O–H groups in total. The molecule has 3 rings (SSSR count). The monoisotopic (exact) mass is 382 g/mol. The molecule has 1 unspecified atom stereocenters. The lowest BCUT2D eigenvalue weighted by molar-refractivity contribution is -0.126. The lowest BCUT2D eigenvalue weighted by Crippen LogP contribution is -2.54. The average Bonchev–Trinajstić information content (AvgIpc) is 2.74. The first-order chi connectivity index (χ1) is 13.6. The molecule has 5 heteroatoms. The lowest BCUT2D eigenvalue weighted by atomic mass is 9.82. The molecule has 0 bridgehead atoms. The van der Waals surface area contributed by atoms with Gasteiger partial charge < -0.3 is 20.5 Å². The van der Waals surface area contributed by atoms with E-state index in [0.29, 0.717) is 26.2 Å². The van der Waals surface area contributed by atoms with Gasteiger partial charge in [0, 0.05) is 13.2 Å². The normalized spacial score (nSPS) is 16.9. The van der Waals surface area contributed by atoms with Crippen molar-refractivity contribution in [3.05, 3.63) is 65.7 Å². The number of carbonyl (C=O) groups is 1. The molecular formula is C23H30N2O3. The minimum atomic E-state index is -0.474. The summed E-state index contributed by atoms with van der Waals surface area (Å²) in [5.74, 6) is 0.719. The highest BCUT2D eigenvalue weighted by Crippen LogP contribution is 2.33. The average molecular weight is 383 g/mol. The van der Waals surface area contributed by atoms with Crippen molar-refractivity contribution in [3.63, 3.8) is 0 Å². The maximum atomic E-state index is 12.6. The Morgan fingerprint density at radius 1 is 1.14 bits per heavy atom. The largest absolute Gasteiger partial charge is 0.489 e. The summed E-state index contributed by atoms with van der Waals surface area (Å²) in [4.78, 5) is 12.6. The van der Waals surface area contributed by atoms with Gasteiger partial charge in [0.15, 0.2) is 0 Å². The van der Waals surface area contributed by atoms with E-state index in [1.165, 1.54) is 0 Å². The van der Waals surface area contributed by atoms with E-state index in [0.717, 1.165) is 36.1 Å². The van der Waals surface area contributed by atoms with E-state index >= 15 is 0 Å². The van der Waals surface area contributed by atoms with Crippen LogP contribution in [0.5, 0.6) is 5.75 Å². The summed E-state index contributed by atoms with van der Waals surface area (Å²) >= 11 is 0. The van der Waals surface area contributed by atoms with Gasteiger partial charge >= 0.3 is 0 Å². The third-order valence-corrected chi connectivity index (χ3v) is 5.30. The zero-order valence-electron chi connectivity index (χ0n) is 16.5. The summed E-state index contributed by atoms with van der Waals surface area (Å²) < 4.78 is 11.4. The molecule has 5 nitrogen and oxygen atoms in total. The summed E-state index contributed by atoms with van der Waals surface area (Å²) in [5, 5.41) is 3.23. The second-order valence-corrected chi connectivity index (χ2v) is 7.38. The first-order valence-electron chi connectivity index (χ1n) is 10.1. The Hall–Kier alpha value is -2.37. The summed E-state index contributed by atoms with van der Waals surface area (Å²) in [6, 6.07) is 17.6. The van der Waals surface area contributed by atoms with Gasteiger partial charge in [-0.1, -0.05) is 55.8 Å². The minimum absolute atomic E-state index is 0.0897. The predicted molar refractivity (Wildman–Crippen MR) is 110 cm³/mol. The number of nitrogens with one attached hydrogen (secondary N) is 1. The molecule has 0 aliphatic carbocycles. The molecule has 1 aliphatic heterocycles. The number of rotatable bonds is 8. The van der Waals surface area contributed by atoms with Gasteiger partial charge in [-0.25, -0.2) is 0 Å². The van der Waals surface area contributed by atoms with E-state index in [9.17, 15) is 4.79 Å². The van der Waals surface area contributed by atoms with Gasteiger partial charge in [0.2, 0.25) is 5.91 Å². The summed E-state index contributed by atoms with van der Waals surface area (Å²) in [6.45, 7) is 3.80. The number of benzene rings is 2. The standard InChI is InChI=1S/C23H30N2O3/c1-2-6-21(24)22(26)25-23(13-15-27-16-14-23)19-9-11-20(12-10-19)28-17-18-7-4-3-5-8-18/h3-5,7-12,21H,2,6,13-17,24H2,1H3,(H,25,26). The Morgan fingerprint density at radius 3 is 2.46 bits per heavy atom. The van der Waals surface area contributed by atoms with E-state index in [4.69, 9.17) is 15.2 Å². The third kappa shape index (κ3) is 5.12. The van der Waals surface area contributed by atoms with Gasteiger partial charge in [-0.2, -0.15) is 0 Å². The number of hydrogen-bond donors (Lipinski definition) is 2. The molecule has 2 aromatic carbocycles. The van der Waals surface area contributed by atoms with Crippen molar-refractivity contribution >= 4 is 5.91 Å². The van der Waals surface area contributed by atoms with Crippen LogP contribution in [0.25, 0.3) is 0 Å². The van der Waals surface area contributed by atoms with Crippen LogP contribution in [0.15, 0.2) is 54.6 Å². The molecular weight excluding hydrogens is 352 g/mol. The number of amides is 1. The number of carbonyl (C=O) groups excluding carboxylic acids is 1. The maximum absolute atomic E-state index is 12.6. The number of ether oxygens (including phenoxy) is 2. The van der Waals surface area contributed by atoms with E-state index in [2.05, 4.69) is 5.32 Å². The SMILES string of the molecule is CCCC(N)C(=O)NC1(c2ccc(OCc3ccccc3)cc2)CCOCC1. The fourth-order valence-corrected chi connectivity index (χ4v) is 3.59. The van der Waals surface area contributed by atoms with Gasteiger partial charge in [-0.05, 0) is 42.5 Å². The molecule has 1 aliphatic rings. The van der Waals surface area contributed by atoms with E-state index in [-0.39, 0.29) is 5.91 Å². The lowest BCUT2D eigenvalue weighted by Gasteiger charge is -2.39. The maximum Gasteiger partial charge on any atom is 0.237 e. The molecule has 1 fully saturated rings. The van der Waals surface area contributed by atoms with Crippen molar-refractivity contribution < 1.29 is 14.3 Å². The number of hydrogen-bond acceptors (Lipinski definition) is 4. The minimum Gasteiger partial charge on any atom is -0.489 e. The second kappa shape index (κ2) is 9.71. The molecule has 28 heavy (non-hydrogen) atoms. The van der Waals surface area contributed by atoms with Gasteiger partial charge in [0.25, 0.3) is 0 Å². The second-order valence-electron chi connectivity index (χ2n) is 7.38. The van der Waals surface area contributed by atoms with Crippen LogP contribution in [0.4, 0.5) is 0 Å². The Morgan fingerprint density at radius 2 is 1.82 bits per heavy atom. The van der Waals surface area contributed by atoms with Gasteiger partial charge in [-0.15, -0.1) is 0 Å². The summed E-state index contributed by atoms with van der Waals surface area (Å²) in [7, 11) is 0. The van der Waals surface area contributed by atoms with E-state index < -0.39 is 11.6 Å². The summed E-state index contributed by atoms with van der Waals surface area (Å²) in [5.41, 5.74) is 7.80. The Bertz CT molecular complexity index is 740. The van der Waals surface area contributed by atoms with Gasteiger partial charge in [-0.3, -0.25) is 4.79 Å². The topological polar surface area (TPSA) is 73.6 Å². The molecule has 1 amide bonds. The highest BCUT2D eigenvalue weighted by atomic mass is 16.5. The van der Waals surface area contributed by atoms with Crippen LogP contribution in [0.1, 0.15) is 43.7 Å². The number of nitrogens with two attached hydrogens (primary N) is 1. The van der Waals surface area contributed by atoms with Gasteiger partial charge in [0.1, 0.15) is 12.4 Å². The molecule has 0 radical (unpaired) electrons. The van der Waals surface area contributed by atoms with Crippen molar-refractivity contribution in [3.8, 4) is 5.75 Å². The molecule has 0 aromatic heterocycles. The molecule has 0 saturated carbocycles. The van der Waals surface area contributed by atoms with Crippen molar-refractivity contribution in [1.82, 2.24) is 5.32 Å². The fourth-order valence-electron chi connectivity index (χ4n) is 3.59. The third-order valence-electron chi connectivity index (χ3n) is 5.30. The van der Waals surface area contributed by atoms with Crippen molar-refractivity contribution in [2.45, 2.75) is 50.8 Å². The molecule has 1 atom stereocenters. The van der Waals surface area contributed by atoms with Crippen LogP contribution in [0.3, 0.4) is 0 Å². The van der Waals surface area contributed by atoms with Crippen LogP contribution in [0, 0.1) is 0 Å². The highest BCUT2D eigenvalue weighted by molar-refractivity contribution is 5.82. The van der Waals surface area contributed by atoms with Crippen LogP contribution in [-0.2, 0) is 21.7 Å². The summed E-state index contributed by atoms with van der Waals surface area (Å²) in [6.07, 6.45) is 3.05. The Labute approximate surface area is 167 Å². The quantitative estimate of drug-likeness (QED) is 0.733. The van der Waals surface area contributed by atoms with Crippen LogP contribution >= 0.6 is 0 Å². The van der Waals surface area contributed by atoms with E-state index in [1.807, 2.05) is 61.5 Å². The molecule has 1 saturated heterocycles. The van der Waals surface area contributed by atoms with Crippen molar-refractivity contribution in [1.29, 1.82) is 0 Å². The van der Waals surface area contributed by atoms with Gasteiger partial charge in [0.05, 0.1) is 11.6 Å². The molecule has 0 spiro atoms. The first-order valence-corrected chi connectivity index (χ1v) is 10.1. The highest BCUT2D eigenvalue weighted by Gasteiger charge is 2.36. The van der Waals surface area contributed by atoms with E-state index in [1.54, 1.807) is 0 Å². The zero-order chi connectivity index (χ0) is 19.8. The van der Waals surface area contributed by atoms with Crippen LogP contribution < -0.4 is 15.8 Å². The predicted octanol–water partition coefficient (Wildman–Crippen LogP) is 3.51. The smallest absolute Gasteiger partial charge is 0.237 e. The Balaban J connectivity index is 1.70. The molecule has 2 aromatic rings.